The summed E-state index contributed by atoms with van der Waals surface area (Å²) < 4.78 is 30.8. The zero-order valence-corrected chi connectivity index (χ0v) is 20.1. The molecule has 5 nitrogen and oxygen atoms in total. The van der Waals surface area contributed by atoms with Crippen molar-refractivity contribution in [2.24, 2.45) is 0 Å². The molecule has 2 aromatic rings. The van der Waals surface area contributed by atoms with Crippen LogP contribution in [0.15, 0.2) is 73.1 Å². The number of hydrogen-bond acceptors (Lipinski definition) is 5. The molecule has 1 atom stereocenters. The number of unbranched alkanes of at least 4 members (excludes halogenated alkanes) is 2. The minimum atomic E-state index is -3.60. The van der Waals surface area contributed by atoms with Gasteiger partial charge in [0.15, 0.2) is 0 Å². The average molecular weight is 461 g/mol. The van der Waals surface area contributed by atoms with Crippen LogP contribution in [0.1, 0.15) is 32.6 Å². The highest BCUT2D eigenvalue weighted by Gasteiger charge is 2.29. The first kappa shape index (κ1) is 23.8. The van der Waals surface area contributed by atoms with Gasteiger partial charge in [0.25, 0.3) is 10.1 Å². The van der Waals surface area contributed by atoms with Crippen molar-refractivity contribution in [3.05, 3.63) is 73.1 Å². The lowest BCUT2D eigenvalue weighted by atomic mass is 10.3. The van der Waals surface area contributed by atoms with E-state index in [4.69, 9.17) is 4.18 Å². The molecule has 7 heteroatoms. The summed E-state index contributed by atoms with van der Waals surface area (Å²) in [5.74, 6) is 0.0473. The molecule has 1 heterocycles. The molecule has 0 N–H and O–H groups in total. The molecule has 0 aromatic heterocycles. The highest BCUT2D eigenvalue weighted by atomic mass is 32.2. The third-order valence-corrected chi connectivity index (χ3v) is 9.15. The number of hydrogen-bond donors (Lipinski definition) is 0. The Morgan fingerprint density at radius 1 is 0.903 bits per heavy atom. The van der Waals surface area contributed by atoms with Crippen molar-refractivity contribution in [2.45, 2.75) is 39.0 Å². The number of rotatable bonds is 12. The van der Waals surface area contributed by atoms with Crippen molar-refractivity contribution in [3.8, 4) is 0 Å². The third kappa shape index (κ3) is 7.06. The summed E-state index contributed by atoms with van der Waals surface area (Å²) in [5.41, 5.74) is 0. The van der Waals surface area contributed by atoms with Crippen LogP contribution in [-0.2, 0) is 14.3 Å². The largest absolute Gasteiger partial charge is 0.336 e. The minimum Gasteiger partial charge on any atom is -0.336 e. The second kappa shape index (κ2) is 11.7. The van der Waals surface area contributed by atoms with Crippen molar-refractivity contribution < 1.29 is 12.6 Å². The lowest BCUT2D eigenvalue weighted by molar-refractivity contribution is -0.00883. The van der Waals surface area contributed by atoms with Crippen molar-refractivity contribution >= 4 is 28.6 Å². The Hall–Kier alpha value is -1.88. The van der Waals surface area contributed by atoms with Crippen molar-refractivity contribution in [1.29, 1.82) is 0 Å². The summed E-state index contributed by atoms with van der Waals surface area (Å²) in [6.45, 7) is 2.91. The first-order valence-electron chi connectivity index (χ1n) is 10.9. The fourth-order valence-electron chi connectivity index (χ4n) is 3.57. The molecule has 0 radical (unpaired) electrons. The highest BCUT2D eigenvalue weighted by molar-refractivity contribution is 7.86. The lowest BCUT2D eigenvalue weighted by Crippen LogP contribution is -2.41. The van der Waals surface area contributed by atoms with Gasteiger partial charge in [-0.15, -0.1) is 0 Å². The van der Waals surface area contributed by atoms with E-state index in [1.165, 1.54) is 10.6 Å². The third-order valence-electron chi connectivity index (χ3n) is 5.29. The first-order chi connectivity index (χ1) is 15.0. The average Bonchev–Trinajstić information content (AvgIpc) is 3.12. The fourth-order valence-corrected chi connectivity index (χ4v) is 7.15. The molecule has 0 aliphatic carbocycles. The summed E-state index contributed by atoms with van der Waals surface area (Å²) in [5, 5.41) is 2.65. The topological polar surface area (TPSA) is 49.9 Å². The van der Waals surface area contributed by atoms with E-state index >= 15 is 0 Å². The molecule has 2 aromatic carbocycles. The van der Waals surface area contributed by atoms with Gasteiger partial charge in [0.05, 0.1) is 5.75 Å². The minimum absolute atomic E-state index is 0.0473. The zero-order valence-electron chi connectivity index (χ0n) is 18.4. The van der Waals surface area contributed by atoms with Gasteiger partial charge in [0.2, 0.25) is 6.35 Å². The van der Waals surface area contributed by atoms with Crippen LogP contribution in [-0.4, -0.2) is 50.1 Å². The van der Waals surface area contributed by atoms with Crippen LogP contribution in [0.3, 0.4) is 0 Å². The Bertz CT molecular complexity index is 883. The fraction of sp³-hybridized carbons (Fsp3) is 0.417. The van der Waals surface area contributed by atoms with E-state index in [0.717, 1.165) is 32.0 Å². The van der Waals surface area contributed by atoms with Gasteiger partial charge >= 0.3 is 0 Å². The Morgan fingerprint density at radius 3 is 2.10 bits per heavy atom. The number of nitrogens with zero attached hydrogens (tertiary/aromatic N) is 2. The van der Waals surface area contributed by atoms with E-state index in [-0.39, 0.29) is 5.75 Å². The Morgan fingerprint density at radius 2 is 1.52 bits per heavy atom. The summed E-state index contributed by atoms with van der Waals surface area (Å²) in [7, 11) is -2.25. The van der Waals surface area contributed by atoms with E-state index in [9.17, 15) is 8.42 Å². The molecule has 31 heavy (non-hydrogen) atoms. The molecule has 1 aliphatic rings. The molecule has 0 amide bonds. The monoisotopic (exact) mass is 460 g/mol. The van der Waals surface area contributed by atoms with Crippen molar-refractivity contribution in [3.63, 3.8) is 0 Å². The molecular formula is C24H33N2O3PS. The van der Waals surface area contributed by atoms with E-state index in [1.54, 1.807) is 4.90 Å². The van der Waals surface area contributed by atoms with Gasteiger partial charge in [-0.1, -0.05) is 74.0 Å². The summed E-state index contributed by atoms with van der Waals surface area (Å²) in [6.07, 6.45) is 7.66. The predicted molar refractivity (Wildman–Crippen MR) is 130 cm³/mol. The van der Waals surface area contributed by atoms with E-state index in [1.807, 2.05) is 36.5 Å². The van der Waals surface area contributed by atoms with Crippen LogP contribution in [0.4, 0.5) is 0 Å². The molecular weight excluding hydrogens is 427 g/mol. The van der Waals surface area contributed by atoms with Crippen LogP contribution in [0.2, 0.25) is 0 Å². The predicted octanol–water partition coefficient (Wildman–Crippen LogP) is 4.05. The van der Waals surface area contributed by atoms with E-state index in [0.29, 0.717) is 6.42 Å². The molecule has 1 aliphatic heterocycles. The molecule has 168 valence electrons. The second-order valence-corrected chi connectivity index (χ2v) is 11.8. The molecule has 1 unspecified atom stereocenters. The first-order valence-corrected chi connectivity index (χ1v) is 14.1. The molecule has 0 fully saturated rings. The van der Waals surface area contributed by atoms with Crippen LogP contribution in [0.5, 0.6) is 0 Å². The van der Waals surface area contributed by atoms with E-state index < -0.39 is 24.4 Å². The van der Waals surface area contributed by atoms with Gasteiger partial charge < -0.3 is 9.80 Å². The smallest absolute Gasteiger partial charge is 0.270 e. The maximum atomic E-state index is 12.6. The van der Waals surface area contributed by atoms with Gasteiger partial charge in [-0.05, 0) is 44.0 Å². The highest BCUT2D eigenvalue weighted by Crippen LogP contribution is 2.34. The zero-order chi connectivity index (χ0) is 22.1. The Labute approximate surface area is 188 Å². The normalized spacial score (nSPS) is 16.4. The van der Waals surface area contributed by atoms with Gasteiger partial charge in [0.1, 0.15) is 0 Å². The van der Waals surface area contributed by atoms with Gasteiger partial charge in [0, 0.05) is 26.0 Å². The lowest BCUT2D eigenvalue weighted by Gasteiger charge is -2.29. The molecule has 0 bridgehead atoms. The summed E-state index contributed by atoms with van der Waals surface area (Å²) in [6, 6.07) is 21.0. The van der Waals surface area contributed by atoms with Crippen molar-refractivity contribution in [2.75, 3.05) is 25.5 Å². The molecule has 3 rings (SSSR count). The van der Waals surface area contributed by atoms with Crippen LogP contribution in [0.25, 0.3) is 0 Å². The quantitative estimate of drug-likeness (QED) is 0.272. The number of benzene rings is 2. The molecule has 0 saturated carbocycles. The van der Waals surface area contributed by atoms with Crippen LogP contribution >= 0.6 is 7.92 Å². The van der Waals surface area contributed by atoms with Crippen molar-refractivity contribution in [1.82, 2.24) is 9.80 Å². The maximum absolute atomic E-state index is 12.6. The molecule has 0 spiro atoms. The summed E-state index contributed by atoms with van der Waals surface area (Å²) in [4.78, 5) is 3.75. The maximum Gasteiger partial charge on any atom is 0.270 e. The van der Waals surface area contributed by atoms with Gasteiger partial charge in [-0.3, -0.25) is 0 Å². The van der Waals surface area contributed by atoms with E-state index in [2.05, 4.69) is 55.5 Å². The summed E-state index contributed by atoms with van der Waals surface area (Å²) >= 11 is 0. The standard InChI is InChI=1S/C24H33N2O3PS/c1-3-4-17-26-19-18-25(2)24(26)29-31(27,28)21-12-11-20-30(22-13-7-5-8-14-22)23-15-9-6-10-16-23/h5-10,13-16,18-19,24H,3-4,11-12,17,20-21H2,1-2H3. The van der Waals surface area contributed by atoms with Crippen LogP contribution < -0.4 is 10.6 Å². The van der Waals surface area contributed by atoms with Gasteiger partial charge in [-0.25, -0.2) is 4.18 Å². The Balaban J connectivity index is 1.54. The SMILES string of the molecule is CCCCN1C=CN(C)C1OS(=O)(=O)CCCCP(c1ccccc1)c1ccccc1. The Kier molecular flexibility index (Phi) is 8.94. The van der Waals surface area contributed by atoms with Gasteiger partial charge in [-0.2, -0.15) is 8.42 Å². The second-order valence-electron chi connectivity index (χ2n) is 7.77. The molecule has 0 saturated heterocycles. The van der Waals surface area contributed by atoms with Crippen LogP contribution in [0, 0.1) is 0 Å².